The van der Waals surface area contributed by atoms with E-state index in [1.165, 1.54) is 32.1 Å². The smallest absolute Gasteiger partial charge is 0.317 e. The van der Waals surface area contributed by atoms with E-state index in [2.05, 4.69) is 11.9 Å². The van der Waals surface area contributed by atoms with Gasteiger partial charge in [-0.15, -0.1) is 0 Å². The van der Waals surface area contributed by atoms with Crippen LogP contribution in [0.4, 0.5) is 4.79 Å². The van der Waals surface area contributed by atoms with E-state index in [1.807, 2.05) is 13.8 Å². The van der Waals surface area contributed by atoms with Gasteiger partial charge in [-0.3, -0.25) is 0 Å². The van der Waals surface area contributed by atoms with Crippen molar-refractivity contribution in [2.24, 2.45) is 5.92 Å². The number of nitrogens with one attached hydrogen (secondary N) is 1. The van der Waals surface area contributed by atoms with Gasteiger partial charge < -0.3 is 10.2 Å². The van der Waals surface area contributed by atoms with Crippen molar-refractivity contribution in [2.75, 3.05) is 19.6 Å². The molecule has 0 atom stereocenters. The van der Waals surface area contributed by atoms with E-state index >= 15 is 0 Å². The molecule has 0 spiro atoms. The van der Waals surface area contributed by atoms with Gasteiger partial charge in [0.05, 0.1) is 0 Å². The van der Waals surface area contributed by atoms with Gasteiger partial charge in [0.25, 0.3) is 0 Å². The molecule has 3 heteroatoms. The maximum Gasteiger partial charge on any atom is 0.317 e. The summed E-state index contributed by atoms with van der Waals surface area (Å²) in [7, 11) is 0. The fraction of sp³-hybridized carbons (Fsp3) is 0.800. The van der Waals surface area contributed by atoms with Crippen LogP contribution < -0.4 is 5.32 Å². The number of hydrogen-bond acceptors (Lipinski definition) is 1. The molecule has 0 radical (unpaired) electrons. The van der Waals surface area contributed by atoms with E-state index < -0.39 is 0 Å². The number of likely N-dealkylation sites (N-methyl/N-ethyl adjacent to an activating group) is 1. The summed E-state index contributed by atoms with van der Waals surface area (Å²) >= 11 is 0. The van der Waals surface area contributed by atoms with Crippen molar-refractivity contribution in [1.82, 2.24) is 10.2 Å². The molecule has 0 aromatic rings. The summed E-state index contributed by atoms with van der Waals surface area (Å²) in [6, 6.07) is 0.0481. The maximum atomic E-state index is 11.9. The molecule has 0 unspecified atom stereocenters. The first kappa shape index (κ1) is 15.1. The second-order valence-corrected chi connectivity index (χ2v) is 5.50. The van der Waals surface area contributed by atoms with E-state index in [1.54, 1.807) is 4.90 Å². The highest BCUT2D eigenvalue weighted by molar-refractivity contribution is 5.74. The minimum Gasteiger partial charge on any atom is -0.338 e. The Morgan fingerprint density at radius 3 is 2.61 bits per heavy atom. The zero-order valence-electron chi connectivity index (χ0n) is 12.0. The first-order chi connectivity index (χ1) is 8.63. The summed E-state index contributed by atoms with van der Waals surface area (Å²) in [4.78, 5) is 13.7. The highest BCUT2D eigenvalue weighted by Gasteiger charge is 2.15. The number of carbonyl (C=O) groups is 1. The molecule has 1 aliphatic rings. The third-order valence-electron chi connectivity index (χ3n) is 3.67. The summed E-state index contributed by atoms with van der Waals surface area (Å²) in [6.45, 7) is 10.0. The average Bonchev–Trinajstić information content (AvgIpc) is 2.84. The van der Waals surface area contributed by atoms with Crippen LogP contribution >= 0.6 is 0 Å². The number of rotatable bonds is 7. The Bertz CT molecular complexity index is 270. The van der Waals surface area contributed by atoms with Gasteiger partial charge in [0.2, 0.25) is 0 Å². The molecule has 1 N–H and O–H groups in total. The van der Waals surface area contributed by atoms with Gasteiger partial charge in [-0.25, -0.2) is 4.79 Å². The molecule has 2 amide bonds. The van der Waals surface area contributed by atoms with Crippen LogP contribution in [0.15, 0.2) is 12.2 Å². The molecule has 0 heterocycles. The monoisotopic (exact) mass is 252 g/mol. The standard InChI is InChI=1S/C15H28N2O/c1-4-17(12-13(2)3)15(18)16-11-7-10-14-8-5-6-9-14/h14H,2,4-12H2,1,3H3,(H,16,18). The van der Waals surface area contributed by atoms with Crippen LogP contribution in [0.25, 0.3) is 0 Å². The number of nitrogens with zero attached hydrogens (tertiary/aromatic N) is 1. The lowest BCUT2D eigenvalue weighted by molar-refractivity contribution is 0.204. The summed E-state index contributed by atoms with van der Waals surface area (Å²) in [6.07, 6.45) is 7.97. The first-order valence-corrected chi connectivity index (χ1v) is 7.30. The molecule has 1 saturated carbocycles. The quantitative estimate of drug-likeness (QED) is 0.545. The highest BCUT2D eigenvalue weighted by Crippen LogP contribution is 2.28. The lowest BCUT2D eigenvalue weighted by Crippen LogP contribution is -2.41. The van der Waals surface area contributed by atoms with Crippen LogP contribution in [-0.4, -0.2) is 30.6 Å². The number of hydrogen-bond donors (Lipinski definition) is 1. The first-order valence-electron chi connectivity index (χ1n) is 7.30. The van der Waals surface area contributed by atoms with Crippen molar-refractivity contribution in [3.8, 4) is 0 Å². The van der Waals surface area contributed by atoms with Crippen molar-refractivity contribution in [3.05, 3.63) is 12.2 Å². The Balaban J connectivity index is 2.12. The van der Waals surface area contributed by atoms with E-state index in [0.29, 0.717) is 6.54 Å². The summed E-state index contributed by atoms with van der Waals surface area (Å²) in [5, 5.41) is 3.01. The van der Waals surface area contributed by atoms with Crippen molar-refractivity contribution in [1.29, 1.82) is 0 Å². The molecule has 104 valence electrons. The minimum absolute atomic E-state index is 0.0481. The lowest BCUT2D eigenvalue weighted by Gasteiger charge is -2.21. The molecule has 18 heavy (non-hydrogen) atoms. The van der Waals surface area contributed by atoms with E-state index in [-0.39, 0.29) is 6.03 Å². The number of urea groups is 1. The summed E-state index contributed by atoms with van der Waals surface area (Å²) in [5.41, 5.74) is 1.03. The lowest BCUT2D eigenvalue weighted by atomic mass is 10.0. The van der Waals surface area contributed by atoms with Crippen LogP contribution in [0.3, 0.4) is 0 Å². The van der Waals surface area contributed by atoms with Crippen molar-refractivity contribution < 1.29 is 4.79 Å². The molecular formula is C15H28N2O. The van der Waals surface area contributed by atoms with Crippen molar-refractivity contribution >= 4 is 6.03 Å². The third kappa shape index (κ3) is 5.56. The highest BCUT2D eigenvalue weighted by atomic mass is 16.2. The molecule has 1 fully saturated rings. The SMILES string of the molecule is C=C(C)CN(CC)C(=O)NCCCC1CCCC1. The van der Waals surface area contributed by atoms with Gasteiger partial charge in [0.1, 0.15) is 0 Å². The van der Waals surface area contributed by atoms with Crippen LogP contribution in [0.2, 0.25) is 0 Å². The molecular weight excluding hydrogens is 224 g/mol. The van der Waals surface area contributed by atoms with Crippen molar-refractivity contribution in [3.63, 3.8) is 0 Å². The van der Waals surface area contributed by atoms with Gasteiger partial charge >= 0.3 is 6.03 Å². The molecule has 1 aliphatic carbocycles. The van der Waals surface area contributed by atoms with E-state index in [9.17, 15) is 4.79 Å². The maximum absolute atomic E-state index is 11.9. The Labute approximate surface area is 112 Å². The molecule has 1 rings (SSSR count). The fourth-order valence-electron chi connectivity index (χ4n) is 2.65. The Morgan fingerprint density at radius 2 is 2.06 bits per heavy atom. The topological polar surface area (TPSA) is 32.3 Å². The van der Waals surface area contributed by atoms with Gasteiger partial charge in [-0.05, 0) is 32.6 Å². The number of amides is 2. The molecule has 0 aliphatic heterocycles. The molecule has 0 aromatic carbocycles. The normalized spacial score (nSPS) is 15.7. The van der Waals surface area contributed by atoms with Crippen molar-refractivity contribution in [2.45, 2.75) is 52.4 Å². The van der Waals surface area contributed by atoms with Crippen LogP contribution in [0.5, 0.6) is 0 Å². The van der Waals surface area contributed by atoms with Gasteiger partial charge in [0.15, 0.2) is 0 Å². The largest absolute Gasteiger partial charge is 0.338 e. The molecule has 3 nitrogen and oxygen atoms in total. The Morgan fingerprint density at radius 1 is 1.39 bits per heavy atom. The third-order valence-corrected chi connectivity index (χ3v) is 3.67. The van der Waals surface area contributed by atoms with E-state index in [4.69, 9.17) is 0 Å². The van der Waals surface area contributed by atoms with Gasteiger partial charge in [0, 0.05) is 19.6 Å². The average molecular weight is 252 g/mol. The Hall–Kier alpha value is -0.990. The summed E-state index contributed by atoms with van der Waals surface area (Å²) < 4.78 is 0. The van der Waals surface area contributed by atoms with Crippen LogP contribution in [0, 0.1) is 5.92 Å². The predicted octanol–water partition coefficient (Wildman–Crippen LogP) is 3.56. The van der Waals surface area contributed by atoms with E-state index in [0.717, 1.165) is 31.0 Å². The molecule has 0 saturated heterocycles. The van der Waals surface area contributed by atoms with Gasteiger partial charge in [-0.2, -0.15) is 0 Å². The zero-order valence-corrected chi connectivity index (χ0v) is 12.0. The molecule has 0 bridgehead atoms. The second-order valence-electron chi connectivity index (χ2n) is 5.50. The fourth-order valence-corrected chi connectivity index (χ4v) is 2.65. The predicted molar refractivity (Wildman–Crippen MR) is 76.7 cm³/mol. The summed E-state index contributed by atoms with van der Waals surface area (Å²) in [5.74, 6) is 0.916. The Kier molecular flexibility index (Phi) is 6.84. The van der Waals surface area contributed by atoms with Gasteiger partial charge in [-0.1, -0.05) is 37.8 Å². The number of carbonyl (C=O) groups excluding carboxylic acids is 1. The molecule has 0 aromatic heterocycles. The van der Waals surface area contributed by atoms with Crippen LogP contribution in [-0.2, 0) is 0 Å². The zero-order chi connectivity index (χ0) is 13.4. The second kappa shape index (κ2) is 8.17. The van der Waals surface area contributed by atoms with Crippen LogP contribution in [0.1, 0.15) is 52.4 Å². The minimum atomic E-state index is 0.0481.